The fourth-order valence-corrected chi connectivity index (χ4v) is 4.85. The molecule has 2 aromatic rings. The van der Waals surface area contributed by atoms with Gasteiger partial charge in [0.2, 0.25) is 0 Å². The van der Waals surface area contributed by atoms with Gasteiger partial charge in [-0.2, -0.15) is 0 Å². The van der Waals surface area contributed by atoms with Crippen LogP contribution < -0.4 is 0 Å². The van der Waals surface area contributed by atoms with Crippen LogP contribution in [0.2, 0.25) is 0 Å². The Labute approximate surface area is 190 Å². The number of carbonyl (C=O) groups excluding carboxylic acids is 1. The maximum atomic E-state index is 12.8. The molecule has 3 rings (SSSR count). The highest BCUT2D eigenvalue weighted by Gasteiger charge is 2.22. The summed E-state index contributed by atoms with van der Waals surface area (Å²) in [5.41, 5.74) is 1.93. The van der Waals surface area contributed by atoms with E-state index in [0.29, 0.717) is 12.5 Å². The molecule has 0 radical (unpaired) electrons. The number of ether oxygens (including phenoxy) is 1. The molecular weight excluding hydrogens is 410 g/mol. The molecule has 0 unspecified atom stereocenters. The topological polar surface area (TPSA) is 63.5 Å². The van der Waals surface area contributed by atoms with Crippen molar-refractivity contribution in [3.05, 3.63) is 41.2 Å². The molecule has 7 nitrogen and oxygen atoms in total. The molecule has 0 spiro atoms. The van der Waals surface area contributed by atoms with Crippen LogP contribution >= 0.6 is 11.8 Å². The average Bonchev–Trinajstić information content (AvgIpc) is 3.22. The minimum Gasteiger partial charge on any atom is -0.383 e. The van der Waals surface area contributed by atoms with Crippen LogP contribution in [0.4, 0.5) is 0 Å². The van der Waals surface area contributed by atoms with E-state index in [1.807, 2.05) is 29.2 Å². The van der Waals surface area contributed by atoms with Crippen LogP contribution in [0.3, 0.4) is 0 Å². The van der Waals surface area contributed by atoms with E-state index in [9.17, 15) is 4.79 Å². The van der Waals surface area contributed by atoms with E-state index in [0.717, 1.165) is 60.6 Å². The predicted molar refractivity (Wildman–Crippen MR) is 125 cm³/mol. The number of hydrogen-bond acceptors (Lipinski definition) is 6. The van der Waals surface area contributed by atoms with Gasteiger partial charge in [-0.3, -0.25) is 4.79 Å². The molecule has 170 valence electrons. The maximum absolute atomic E-state index is 12.8. The number of thioether (sulfide) groups is 1. The zero-order valence-corrected chi connectivity index (χ0v) is 20.2. The van der Waals surface area contributed by atoms with Crippen LogP contribution in [-0.4, -0.2) is 76.9 Å². The standard InChI is InChI=1S/C23H35N5O2S/c1-6-26-11-13-27(14-12-26)22(29)20-9-7-19(8-10-20)16-31-23-25-24-21(17(2)3)28(23)18(4)15-30-5/h7-10,17-18H,6,11-16H2,1-5H3/t18-/m0/s1. The normalized spacial score (nSPS) is 16.1. The van der Waals surface area contributed by atoms with Crippen LogP contribution in [0.15, 0.2) is 29.4 Å². The molecule has 1 aromatic heterocycles. The molecule has 31 heavy (non-hydrogen) atoms. The molecule has 0 saturated carbocycles. The summed E-state index contributed by atoms with van der Waals surface area (Å²) in [6, 6.07) is 8.16. The number of hydrogen-bond donors (Lipinski definition) is 0. The lowest BCUT2D eigenvalue weighted by Gasteiger charge is -2.34. The molecular formula is C23H35N5O2S. The molecule has 1 aliphatic rings. The summed E-state index contributed by atoms with van der Waals surface area (Å²) in [5, 5.41) is 9.75. The van der Waals surface area contributed by atoms with Gasteiger partial charge < -0.3 is 19.1 Å². The van der Waals surface area contributed by atoms with Gasteiger partial charge in [-0.25, -0.2) is 0 Å². The van der Waals surface area contributed by atoms with E-state index in [1.165, 1.54) is 0 Å². The second-order valence-electron chi connectivity index (χ2n) is 8.38. The maximum Gasteiger partial charge on any atom is 0.253 e. The Hall–Kier alpha value is -1.90. The third kappa shape index (κ3) is 5.87. The van der Waals surface area contributed by atoms with Gasteiger partial charge in [0.05, 0.1) is 12.6 Å². The van der Waals surface area contributed by atoms with Crippen LogP contribution in [0.25, 0.3) is 0 Å². The number of amides is 1. The number of nitrogens with zero attached hydrogens (tertiary/aromatic N) is 5. The molecule has 1 saturated heterocycles. The minimum absolute atomic E-state index is 0.129. The third-order valence-corrected chi connectivity index (χ3v) is 6.75. The summed E-state index contributed by atoms with van der Waals surface area (Å²) in [7, 11) is 1.72. The zero-order valence-electron chi connectivity index (χ0n) is 19.4. The molecule has 1 amide bonds. The quantitative estimate of drug-likeness (QED) is 0.549. The lowest BCUT2D eigenvalue weighted by atomic mass is 10.1. The molecule has 1 aromatic carbocycles. The molecule has 0 aliphatic carbocycles. The highest BCUT2D eigenvalue weighted by molar-refractivity contribution is 7.98. The minimum atomic E-state index is 0.129. The van der Waals surface area contributed by atoms with Crippen molar-refractivity contribution in [2.24, 2.45) is 0 Å². The van der Waals surface area contributed by atoms with E-state index in [2.05, 4.69) is 47.4 Å². The summed E-state index contributed by atoms with van der Waals surface area (Å²) in [6.45, 7) is 13.7. The van der Waals surface area contributed by atoms with Gasteiger partial charge >= 0.3 is 0 Å². The first kappa shape index (κ1) is 23.8. The van der Waals surface area contributed by atoms with Crippen molar-refractivity contribution < 1.29 is 9.53 Å². The summed E-state index contributed by atoms with van der Waals surface area (Å²) >= 11 is 1.67. The fraction of sp³-hybridized carbons (Fsp3) is 0.609. The molecule has 8 heteroatoms. The smallest absolute Gasteiger partial charge is 0.253 e. The zero-order chi connectivity index (χ0) is 22.4. The van der Waals surface area contributed by atoms with Gasteiger partial charge in [0.1, 0.15) is 5.82 Å². The number of rotatable bonds is 9. The number of carbonyl (C=O) groups is 1. The van der Waals surface area contributed by atoms with Crippen molar-refractivity contribution in [1.82, 2.24) is 24.6 Å². The van der Waals surface area contributed by atoms with E-state index in [1.54, 1.807) is 18.9 Å². The van der Waals surface area contributed by atoms with Crippen LogP contribution in [-0.2, 0) is 10.5 Å². The predicted octanol–water partition coefficient (Wildman–Crippen LogP) is 3.68. The van der Waals surface area contributed by atoms with E-state index in [-0.39, 0.29) is 11.9 Å². The molecule has 1 fully saturated rings. The first-order valence-electron chi connectivity index (χ1n) is 11.1. The highest BCUT2D eigenvalue weighted by Crippen LogP contribution is 2.28. The van der Waals surface area contributed by atoms with Crippen molar-refractivity contribution in [3.8, 4) is 0 Å². The van der Waals surface area contributed by atoms with Crippen molar-refractivity contribution in [2.75, 3.05) is 46.4 Å². The summed E-state index contributed by atoms with van der Waals surface area (Å²) in [4.78, 5) is 17.1. The summed E-state index contributed by atoms with van der Waals surface area (Å²) < 4.78 is 7.54. The lowest BCUT2D eigenvalue weighted by Crippen LogP contribution is -2.48. The van der Waals surface area contributed by atoms with Gasteiger partial charge in [-0.05, 0) is 31.2 Å². The Morgan fingerprint density at radius 3 is 2.35 bits per heavy atom. The molecule has 1 atom stereocenters. The first-order chi connectivity index (χ1) is 14.9. The summed E-state index contributed by atoms with van der Waals surface area (Å²) in [6.07, 6.45) is 0. The Bertz CT molecular complexity index is 844. The number of methoxy groups -OCH3 is 1. The van der Waals surface area contributed by atoms with Crippen molar-refractivity contribution in [3.63, 3.8) is 0 Å². The molecule has 1 aliphatic heterocycles. The van der Waals surface area contributed by atoms with Gasteiger partial charge in [0, 0.05) is 50.5 Å². The van der Waals surface area contributed by atoms with Gasteiger partial charge in [-0.15, -0.1) is 10.2 Å². The number of piperazine rings is 1. The Morgan fingerprint density at radius 2 is 1.77 bits per heavy atom. The van der Waals surface area contributed by atoms with Crippen molar-refractivity contribution in [2.45, 2.75) is 50.6 Å². The fourth-order valence-electron chi connectivity index (χ4n) is 3.85. The van der Waals surface area contributed by atoms with E-state index >= 15 is 0 Å². The van der Waals surface area contributed by atoms with Crippen LogP contribution in [0.1, 0.15) is 61.4 Å². The highest BCUT2D eigenvalue weighted by atomic mass is 32.2. The van der Waals surface area contributed by atoms with Crippen LogP contribution in [0, 0.1) is 0 Å². The second-order valence-corrected chi connectivity index (χ2v) is 9.32. The number of likely N-dealkylation sites (N-methyl/N-ethyl adjacent to an activating group) is 1. The molecule has 2 heterocycles. The van der Waals surface area contributed by atoms with Gasteiger partial charge in [-0.1, -0.05) is 44.7 Å². The Balaban J connectivity index is 1.63. The largest absolute Gasteiger partial charge is 0.383 e. The molecule has 0 N–H and O–H groups in total. The second kappa shape index (κ2) is 11.1. The Morgan fingerprint density at radius 1 is 1.10 bits per heavy atom. The number of benzene rings is 1. The average molecular weight is 446 g/mol. The van der Waals surface area contributed by atoms with Gasteiger partial charge in [0.25, 0.3) is 5.91 Å². The Kier molecular flexibility index (Phi) is 8.51. The lowest BCUT2D eigenvalue weighted by molar-refractivity contribution is 0.0643. The van der Waals surface area contributed by atoms with E-state index in [4.69, 9.17) is 4.74 Å². The van der Waals surface area contributed by atoms with E-state index < -0.39 is 0 Å². The SMILES string of the molecule is CCN1CCN(C(=O)c2ccc(CSc3nnc(C(C)C)n3[C@@H](C)COC)cc2)CC1. The first-order valence-corrected chi connectivity index (χ1v) is 12.1. The molecule has 0 bridgehead atoms. The van der Waals surface area contributed by atoms with Gasteiger partial charge in [0.15, 0.2) is 5.16 Å². The summed E-state index contributed by atoms with van der Waals surface area (Å²) in [5.74, 6) is 2.19. The monoisotopic (exact) mass is 445 g/mol. The number of aromatic nitrogens is 3. The van der Waals surface area contributed by atoms with Crippen LogP contribution in [0.5, 0.6) is 0 Å². The third-order valence-electron chi connectivity index (χ3n) is 5.73. The van der Waals surface area contributed by atoms with Crippen molar-refractivity contribution >= 4 is 17.7 Å². The van der Waals surface area contributed by atoms with Crippen molar-refractivity contribution in [1.29, 1.82) is 0 Å².